The number of nitrogens with zero attached hydrogens (tertiary/aromatic N) is 2. The molecule has 1 saturated carbocycles. The summed E-state index contributed by atoms with van der Waals surface area (Å²) in [6.07, 6.45) is 4.52. The monoisotopic (exact) mass is 255 g/mol. The van der Waals surface area contributed by atoms with Crippen molar-refractivity contribution in [3.05, 3.63) is 36.2 Å². The molecule has 0 amide bonds. The Bertz CT molecular complexity index is 562. The number of rotatable bonds is 4. The maximum Gasteiger partial charge on any atom is 0.131 e. The van der Waals surface area contributed by atoms with Gasteiger partial charge in [-0.05, 0) is 30.2 Å². The molecule has 0 radical (unpaired) electrons. The fraction of sp³-hybridized carbons (Fsp3) is 0.438. The van der Waals surface area contributed by atoms with Gasteiger partial charge in [0.05, 0.1) is 6.33 Å². The molecule has 1 aliphatic carbocycles. The van der Waals surface area contributed by atoms with Gasteiger partial charge >= 0.3 is 0 Å². The Labute approximate surface area is 114 Å². The SMILES string of the molecule is CC(C)Cn1cnc(-c2ccc(C3CC3)cc2)c1N. The molecule has 0 atom stereocenters. The lowest BCUT2D eigenvalue weighted by Gasteiger charge is -2.08. The number of nitrogen functional groups attached to an aromatic ring is 1. The molecule has 1 heterocycles. The van der Waals surface area contributed by atoms with E-state index in [2.05, 4.69) is 43.1 Å². The number of imidazole rings is 1. The van der Waals surface area contributed by atoms with Crippen molar-refractivity contribution in [3.8, 4) is 11.3 Å². The molecule has 0 bridgehead atoms. The van der Waals surface area contributed by atoms with Gasteiger partial charge in [-0.25, -0.2) is 4.98 Å². The maximum atomic E-state index is 6.19. The van der Waals surface area contributed by atoms with Gasteiger partial charge in [0.15, 0.2) is 0 Å². The average Bonchev–Trinajstić information content (AvgIpc) is 3.17. The molecule has 100 valence electrons. The van der Waals surface area contributed by atoms with Gasteiger partial charge in [-0.2, -0.15) is 0 Å². The van der Waals surface area contributed by atoms with Crippen LogP contribution in [0.15, 0.2) is 30.6 Å². The first-order valence-corrected chi connectivity index (χ1v) is 7.06. The van der Waals surface area contributed by atoms with Gasteiger partial charge in [0, 0.05) is 12.1 Å². The number of aromatic nitrogens is 2. The molecule has 0 unspecified atom stereocenters. The fourth-order valence-corrected chi connectivity index (χ4v) is 2.48. The predicted molar refractivity (Wildman–Crippen MR) is 78.9 cm³/mol. The van der Waals surface area contributed by atoms with Crippen LogP contribution in [0.3, 0.4) is 0 Å². The van der Waals surface area contributed by atoms with Crippen LogP contribution in [0.25, 0.3) is 11.3 Å². The Morgan fingerprint density at radius 1 is 1.26 bits per heavy atom. The van der Waals surface area contributed by atoms with Crippen LogP contribution in [-0.4, -0.2) is 9.55 Å². The van der Waals surface area contributed by atoms with E-state index in [1.54, 1.807) is 0 Å². The standard InChI is InChI=1S/C16H21N3/c1-11(2)9-19-10-18-15(16(19)17)14-7-5-13(6-8-14)12-3-4-12/h5-8,10-12H,3-4,9,17H2,1-2H3. The highest BCUT2D eigenvalue weighted by Gasteiger charge is 2.23. The number of nitrogens with two attached hydrogens (primary N) is 1. The van der Waals surface area contributed by atoms with Gasteiger partial charge in [-0.1, -0.05) is 38.1 Å². The van der Waals surface area contributed by atoms with Gasteiger partial charge in [-0.15, -0.1) is 0 Å². The summed E-state index contributed by atoms with van der Waals surface area (Å²) >= 11 is 0. The first kappa shape index (κ1) is 12.3. The summed E-state index contributed by atoms with van der Waals surface area (Å²) in [5.74, 6) is 2.14. The van der Waals surface area contributed by atoms with E-state index >= 15 is 0 Å². The highest BCUT2D eigenvalue weighted by Crippen LogP contribution is 2.40. The molecule has 1 aliphatic rings. The van der Waals surface area contributed by atoms with Crippen LogP contribution in [0.1, 0.15) is 38.2 Å². The van der Waals surface area contributed by atoms with Crippen LogP contribution in [0.2, 0.25) is 0 Å². The summed E-state index contributed by atoms with van der Waals surface area (Å²) in [6, 6.07) is 8.72. The molecule has 0 saturated heterocycles. The van der Waals surface area contributed by atoms with E-state index in [-0.39, 0.29) is 0 Å². The van der Waals surface area contributed by atoms with Crippen molar-refractivity contribution in [2.45, 2.75) is 39.2 Å². The van der Waals surface area contributed by atoms with Crippen molar-refractivity contribution >= 4 is 5.82 Å². The Kier molecular flexibility index (Phi) is 3.05. The van der Waals surface area contributed by atoms with Crippen molar-refractivity contribution in [2.75, 3.05) is 5.73 Å². The molecule has 1 fully saturated rings. The molecule has 2 aromatic rings. The second-order valence-corrected chi connectivity index (χ2v) is 5.92. The minimum absolute atomic E-state index is 0.571. The number of hydrogen-bond donors (Lipinski definition) is 1. The van der Waals surface area contributed by atoms with Crippen LogP contribution in [0.4, 0.5) is 5.82 Å². The van der Waals surface area contributed by atoms with E-state index < -0.39 is 0 Å². The minimum atomic E-state index is 0.571. The average molecular weight is 255 g/mol. The predicted octanol–water partition coefficient (Wildman–Crippen LogP) is 3.67. The summed E-state index contributed by atoms with van der Waals surface area (Å²) in [6.45, 7) is 5.28. The number of hydrogen-bond acceptors (Lipinski definition) is 2. The third-order valence-corrected chi connectivity index (χ3v) is 3.67. The Balaban J connectivity index is 1.86. The molecular formula is C16H21N3. The quantitative estimate of drug-likeness (QED) is 0.906. The zero-order valence-corrected chi connectivity index (χ0v) is 11.6. The number of anilines is 1. The van der Waals surface area contributed by atoms with Crippen molar-refractivity contribution in [1.29, 1.82) is 0 Å². The maximum absolute atomic E-state index is 6.19. The zero-order chi connectivity index (χ0) is 13.4. The summed E-state index contributed by atoms with van der Waals surface area (Å²) in [5, 5.41) is 0. The van der Waals surface area contributed by atoms with Gasteiger partial charge in [0.25, 0.3) is 0 Å². The lowest BCUT2D eigenvalue weighted by molar-refractivity contribution is 0.527. The third-order valence-electron chi connectivity index (χ3n) is 3.67. The topological polar surface area (TPSA) is 43.8 Å². The Morgan fingerprint density at radius 2 is 1.95 bits per heavy atom. The van der Waals surface area contributed by atoms with Gasteiger partial charge in [0.1, 0.15) is 11.5 Å². The van der Waals surface area contributed by atoms with Crippen molar-refractivity contribution in [2.24, 2.45) is 5.92 Å². The van der Waals surface area contributed by atoms with Crippen LogP contribution in [0, 0.1) is 5.92 Å². The normalized spacial score (nSPS) is 15.1. The first-order chi connectivity index (χ1) is 9.15. The molecule has 0 spiro atoms. The van der Waals surface area contributed by atoms with Crippen LogP contribution in [-0.2, 0) is 6.54 Å². The molecule has 1 aromatic heterocycles. The largest absolute Gasteiger partial charge is 0.383 e. The van der Waals surface area contributed by atoms with Crippen LogP contribution < -0.4 is 5.73 Å². The Morgan fingerprint density at radius 3 is 2.53 bits per heavy atom. The van der Waals surface area contributed by atoms with E-state index in [0.29, 0.717) is 5.92 Å². The highest BCUT2D eigenvalue weighted by molar-refractivity contribution is 5.70. The molecule has 19 heavy (non-hydrogen) atoms. The molecule has 1 aromatic carbocycles. The molecule has 3 heteroatoms. The van der Waals surface area contributed by atoms with Crippen molar-refractivity contribution < 1.29 is 0 Å². The molecule has 3 rings (SSSR count). The van der Waals surface area contributed by atoms with E-state index in [9.17, 15) is 0 Å². The lowest BCUT2D eigenvalue weighted by atomic mass is 10.1. The zero-order valence-electron chi connectivity index (χ0n) is 11.6. The smallest absolute Gasteiger partial charge is 0.131 e. The molecular weight excluding hydrogens is 234 g/mol. The summed E-state index contributed by atoms with van der Waals surface area (Å²) in [5.41, 5.74) is 9.66. The fourth-order valence-electron chi connectivity index (χ4n) is 2.48. The lowest BCUT2D eigenvalue weighted by Crippen LogP contribution is -2.06. The van der Waals surface area contributed by atoms with Crippen LogP contribution in [0.5, 0.6) is 0 Å². The molecule has 2 N–H and O–H groups in total. The van der Waals surface area contributed by atoms with E-state index in [0.717, 1.165) is 29.5 Å². The summed E-state index contributed by atoms with van der Waals surface area (Å²) < 4.78 is 2.04. The van der Waals surface area contributed by atoms with Gasteiger partial charge < -0.3 is 10.3 Å². The first-order valence-electron chi connectivity index (χ1n) is 7.06. The third kappa shape index (κ3) is 2.50. The van der Waals surface area contributed by atoms with Gasteiger partial charge in [0.2, 0.25) is 0 Å². The number of benzene rings is 1. The molecule has 3 nitrogen and oxygen atoms in total. The minimum Gasteiger partial charge on any atom is -0.383 e. The summed E-state index contributed by atoms with van der Waals surface area (Å²) in [4.78, 5) is 4.47. The van der Waals surface area contributed by atoms with Crippen molar-refractivity contribution in [3.63, 3.8) is 0 Å². The van der Waals surface area contributed by atoms with Crippen LogP contribution >= 0.6 is 0 Å². The van der Waals surface area contributed by atoms with Gasteiger partial charge in [-0.3, -0.25) is 0 Å². The molecule has 0 aliphatic heterocycles. The van der Waals surface area contributed by atoms with E-state index in [4.69, 9.17) is 5.73 Å². The summed E-state index contributed by atoms with van der Waals surface area (Å²) in [7, 11) is 0. The van der Waals surface area contributed by atoms with Crippen molar-refractivity contribution in [1.82, 2.24) is 9.55 Å². The second-order valence-electron chi connectivity index (χ2n) is 5.92. The Hall–Kier alpha value is -1.77. The van der Waals surface area contributed by atoms with E-state index in [1.807, 2.05) is 10.9 Å². The second kappa shape index (κ2) is 4.72. The highest BCUT2D eigenvalue weighted by atomic mass is 15.1. The van der Waals surface area contributed by atoms with E-state index in [1.165, 1.54) is 18.4 Å².